The second kappa shape index (κ2) is 10.8. The molecule has 10 nitrogen and oxygen atoms in total. The van der Waals surface area contributed by atoms with Crippen LogP contribution in [0.25, 0.3) is 33.9 Å². The molecule has 3 heterocycles. The fourth-order valence-electron chi connectivity index (χ4n) is 4.27. The number of benzene rings is 2. The average Bonchev–Trinajstić information content (AvgIpc) is 3.60. The van der Waals surface area contributed by atoms with Crippen molar-refractivity contribution >= 4 is 11.2 Å². The van der Waals surface area contributed by atoms with Gasteiger partial charge in [-0.2, -0.15) is 18.2 Å². The van der Waals surface area contributed by atoms with E-state index >= 15 is 0 Å². The number of fused-ring (bicyclic) bond motifs is 1. The molecule has 0 aliphatic carbocycles. The number of rotatable bonds is 9. The van der Waals surface area contributed by atoms with Crippen LogP contribution in [0.1, 0.15) is 38.1 Å². The zero-order valence-electron chi connectivity index (χ0n) is 21.7. The van der Waals surface area contributed by atoms with Gasteiger partial charge in [-0.15, -0.1) is 0 Å². The van der Waals surface area contributed by atoms with Crippen molar-refractivity contribution in [1.29, 1.82) is 0 Å². The predicted molar refractivity (Wildman–Crippen MR) is 140 cm³/mol. The van der Waals surface area contributed by atoms with Gasteiger partial charge in [-0.05, 0) is 49.2 Å². The van der Waals surface area contributed by atoms with E-state index in [1.54, 1.807) is 24.3 Å². The van der Waals surface area contributed by atoms with Crippen molar-refractivity contribution in [3.8, 4) is 28.5 Å². The summed E-state index contributed by atoms with van der Waals surface area (Å²) in [4.78, 5) is 37.6. The van der Waals surface area contributed by atoms with E-state index in [9.17, 15) is 22.8 Å². The molecule has 0 saturated heterocycles. The van der Waals surface area contributed by atoms with Crippen LogP contribution >= 0.6 is 0 Å². The summed E-state index contributed by atoms with van der Waals surface area (Å²) >= 11 is 0. The number of nitrogens with zero attached hydrogens (tertiary/aromatic N) is 5. The summed E-state index contributed by atoms with van der Waals surface area (Å²) in [6, 6.07) is 11.5. The average molecular weight is 555 g/mol. The summed E-state index contributed by atoms with van der Waals surface area (Å²) in [6.07, 6.45) is -3.13. The molecule has 0 spiro atoms. The molecule has 0 radical (unpaired) electrons. The lowest BCUT2D eigenvalue weighted by molar-refractivity contribution is -0.137. The Labute approximate surface area is 225 Å². The number of ether oxygens (including phenoxy) is 1. The van der Waals surface area contributed by atoms with Gasteiger partial charge in [0.1, 0.15) is 17.1 Å². The first-order valence-electron chi connectivity index (χ1n) is 12.7. The van der Waals surface area contributed by atoms with Crippen LogP contribution in [0.5, 0.6) is 5.75 Å². The minimum absolute atomic E-state index is 0.0180. The van der Waals surface area contributed by atoms with Crippen molar-refractivity contribution in [3.05, 3.63) is 80.8 Å². The first kappa shape index (κ1) is 26.9. The Balaban J connectivity index is 1.33. The number of imidazole rings is 1. The number of aromatic amines is 1. The Hall–Kier alpha value is -4.68. The summed E-state index contributed by atoms with van der Waals surface area (Å²) in [5, 5.41) is 3.75. The molecule has 0 saturated carbocycles. The highest BCUT2D eigenvalue weighted by atomic mass is 19.4. The highest BCUT2D eigenvalue weighted by Crippen LogP contribution is 2.31. The van der Waals surface area contributed by atoms with Crippen LogP contribution in [0.4, 0.5) is 13.2 Å². The molecule has 1 N–H and O–H groups in total. The van der Waals surface area contributed by atoms with Gasteiger partial charge in [0, 0.05) is 24.2 Å². The van der Waals surface area contributed by atoms with E-state index in [1.165, 1.54) is 21.3 Å². The van der Waals surface area contributed by atoms with Crippen LogP contribution in [0.3, 0.4) is 0 Å². The summed E-state index contributed by atoms with van der Waals surface area (Å²) in [5.74, 6) is 1.00. The first-order chi connectivity index (χ1) is 19.2. The number of nitrogens with one attached hydrogen (secondary N) is 1. The summed E-state index contributed by atoms with van der Waals surface area (Å²) < 4.78 is 52.6. The number of aromatic nitrogens is 6. The zero-order valence-corrected chi connectivity index (χ0v) is 21.7. The van der Waals surface area contributed by atoms with Gasteiger partial charge in [0.2, 0.25) is 5.82 Å². The van der Waals surface area contributed by atoms with Crippen LogP contribution < -0.4 is 16.0 Å². The molecular formula is C27H25F3N6O4. The van der Waals surface area contributed by atoms with Crippen molar-refractivity contribution in [1.82, 2.24) is 29.2 Å². The van der Waals surface area contributed by atoms with E-state index in [0.717, 1.165) is 12.1 Å². The molecule has 0 aliphatic heterocycles. The van der Waals surface area contributed by atoms with Crippen LogP contribution in [0.15, 0.2) is 62.6 Å². The lowest BCUT2D eigenvalue weighted by Crippen LogP contribution is -2.40. The van der Waals surface area contributed by atoms with Gasteiger partial charge in [-0.3, -0.25) is 13.9 Å². The molecule has 0 unspecified atom stereocenters. The maximum absolute atomic E-state index is 13.0. The van der Waals surface area contributed by atoms with E-state index in [4.69, 9.17) is 9.26 Å². The maximum atomic E-state index is 13.0. The summed E-state index contributed by atoms with van der Waals surface area (Å²) in [6.45, 7) is 4.49. The molecule has 208 valence electrons. The van der Waals surface area contributed by atoms with E-state index in [2.05, 4.69) is 20.1 Å². The lowest BCUT2D eigenvalue weighted by atomic mass is 10.1. The molecule has 0 amide bonds. The van der Waals surface area contributed by atoms with E-state index < -0.39 is 17.3 Å². The van der Waals surface area contributed by atoms with Gasteiger partial charge in [0.05, 0.1) is 5.56 Å². The topological polar surface area (TPSA) is 121 Å². The molecule has 5 rings (SSSR count). The maximum Gasteiger partial charge on any atom is 0.416 e. The number of hydrogen-bond acceptors (Lipinski definition) is 7. The van der Waals surface area contributed by atoms with E-state index in [0.29, 0.717) is 48.7 Å². The zero-order chi connectivity index (χ0) is 28.4. The third kappa shape index (κ3) is 5.26. The molecule has 0 aliphatic rings. The number of H-pyrrole nitrogens is 1. The molecule has 0 fully saturated rings. The summed E-state index contributed by atoms with van der Waals surface area (Å²) in [7, 11) is 0. The fourth-order valence-corrected chi connectivity index (χ4v) is 4.27. The molecular weight excluding hydrogens is 529 g/mol. The lowest BCUT2D eigenvalue weighted by Gasteiger charge is -2.09. The Bertz CT molecular complexity index is 1770. The first-order valence-corrected chi connectivity index (χ1v) is 12.7. The molecule has 0 atom stereocenters. The van der Waals surface area contributed by atoms with Gasteiger partial charge < -0.3 is 14.2 Å². The molecule has 0 bridgehead atoms. The molecule has 40 heavy (non-hydrogen) atoms. The molecule has 3 aromatic heterocycles. The Morgan fingerprint density at radius 1 is 0.950 bits per heavy atom. The van der Waals surface area contributed by atoms with Gasteiger partial charge in [-0.1, -0.05) is 31.1 Å². The molecule has 5 aromatic rings. The number of halogens is 3. The van der Waals surface area contributed by atoms with Gasteiger partial charge >= 0.3 is 11.9 Å². The monoisotopic (exact) mass is 554 g/mol. The van der Waals surface area contributed by atoms with Crippen LogP contribution in [-0.4, -0.2) is 29.2 Å². The van der Waals surface area contributed by atoms with Gasteiger partial charge in [-0.25, -0.2) is 9.78 Å². The van der Waals surface area contributed by atoms with Crippen molar-refractivity contribution < 1.29 is 22.4 Å². The minimum Gasteiger partial charge on any atom is -0.484 e. The number of aryl methyl sites for hydroxylation is 1. The quantitative estimate of drug-likeness (QED) is 0.272. The third-order valence-corrected chi connectivity index (χ3v) is 6.16. The smallest absolute Gasteiger partial charge is 0.416 e. The standard InChI is InChI=1S/C27H25F3N6O4/c1-3-12-35-24-21(25(37)36(13-4-2)26(35)38)32-22(33-24)16-8-10-19(11-9-16)39-15-20-31-23(34-40-20)17-6-5-7-18(14-17)27(28,29)30/h5-11,14H,3-4,12-13,15H2,1-2H3,(H,32,33). The van der Waals surface area contributed by atoms with Crippen LogP contribution in [-0.2, 0) is 25.9 Å². The number of hydrogen-bond donors (Lipinski definition) is 1. The Morgan fingerprint density at radius 3 is 2.38 bits per heavy atom. The van der Waals surface area contributed by atoms with Gasteiger partial charge in [0.15, 0.2) is 12.3 Å². The van der Waals surface area contributed by atoms with Crippen molar-refractivity contribution in [2.75, 3.05) is 0 Å². The predicted octanol–water partition coefficient (Wildman–Crippen LogP) is 5.02. The van der Waals surface area contributed by atoms with E-state index in [1.807, 2.05) is 13.8 Å². The largest absolute Gasteiger partial charge is 0.484 e. The van der Waals surface area contributed by atoms with Crippen molar-refractivity contribution in [3.63, 3.8) is 0 Å². The van der Waals surface area contributed by atoms with Crippen molar-refractivity contribution in [2.45, 2.75) is 52.6 Å². The van der Waals surface area contributed by atoms with Gasteiger partial charge in [0.25, 0.3) is 11.4 Å². The Kier molecular flexibility index (Phi) is 7.28. The second-order valence-electron chi connectivity index (χ2n) is 9.08. The highest BCUT2D eigenvalue weighted by molar-refractivity contribution is 5.75. The van der Waals surface area contributed by atoms with Crippen LogP contribution in [0.2, 0.25) is 0 Å². The minimum atomic E-state index is -4.48. The fraction of sp³-hybridized carbons (Fsp3) is 0.296. The molecule has 2 aromatic carbocycles. The second-order valence-corrected chi connectivity index (χ2v) is 9.08. The van der Waals surface area contributed by atoms with Crippen LogP contribution in [0, 0.1) is 0 Å². The SMILES string of the molecule is CCCn1c(=O)c2[nH]c(-c3ccc(OCc4nc(-c5cccc(C(F)(F)F)c5)no4)cc3)nc2n(CCC)c1=O. The Morgan fingerprint density at radius 2 is 1.68 bits per heavy atom. The normalized spacial score (nSPS) is 11.8. The van der Waals surface area contributed by atoms with Crippen molar-refractivity contribution in [2.24, 2.45) is 0 Å². The highest BCUT2D eigenvalue weighted by Gasteiger charge is 2.30. The summed E-state index contributed by atoms with van der Waals surface area (Å²) in [5.41, 5.74) is -0.164. The number of alkyl halides is 3. The molecule has 13 heteroatoms. The third-order valence-electron chi connectivity index (χ3n) is 6.16. The van der Waals surface area contributed by atoms with E-state index in [-0.39, 0.29) is 35.1 Å².